The fraction of sp³-hybridized carbons (Fsp3) is 0.600. The molecule has 1 aromatic rings. The van der Waals surface area contributed by atoms with Crippen molar-refractivity contribution in [1.82, 2.24) is 15.1 Å². The second kappa shape index (κ2) is 12.8. The van der Waals surface area contributed by atoms with E-state index in [9.17, 15) is 4.79 Å². The largest absolute Gasteiger partial charge is 0.484 e. The Kier molecular flexibility index (Phi) is 11.2. The van der Waals surface area contributed by atoms with E-state index >= 15 is 0 Å². The summed E-state index contributed by atoms with van der Waals surface area (Å²) in [5.74, 6) is 1.80. The number of ether oxygens (including phenoxy) is 1. The van der Waals surface area contributed by atoms with Crippen LogP contribution in [-0.2, 0) is 11.3 Å². The van der Waals surface area contributed by atoms with Gasteiger partial charge in [0.25, 0.3) is 5.91 Å². The maximum Gasteiger partial charge on any atom is 0.255 e. The fourth-order valence-electron chi connectivity index (χ4n) is 3.14. The van der Waals surface area contributed by atoms with Crippen LogP contribution < -0.4 is 15.8 Å². The molecule has 0 aliphatic carbocycles. The van der Waals surface area contributed by atoms with E-state index in [2.05, 4.69) is 35.9 Å². The van der Waals surface area contributed by atoms with Crippen LogP contribution in [0.15, 0.2) is 29.3 Å². The summed E-state index contributed by atoms with van der Waals surface area (Å²) in [6.07, 6.45) is 0. The fourth-order valence-corrected chi connectivity index (χ4v) is 3.14. The third kappa shape index (κ3) is 8.64. The average molecular weight is 503 g/mol. The van der Waals surface area contributed by atoms with Crippen LogP contribution in [-0.4, -0.2) is 67.5 Å². The Morgan fingerprint density at radius 3 is 2.61 bits per heavy atom. The van der Waals surface area contributed by atoms with E-state index in [4.69, 9.17) is 15.5 Å². The Bertz CT molecular complexity index is 631. The number of nitrogens with two attached hydrogens (primary N) is 1. The molecule has 7 nitrogen and oxygen atoms in total. The van der Waals surface area contributed by atoms with Gasteiger partial charge in [-0.05, 0) is 30.5 Å². The summed E-state index contributed by atoms with van der Waals surface area (Å²) in [5, 5.41) is 3.40. The van der Waals surface area contributed by atoms with Crippen molar-refractivity contribution >= 4 is 35.8 Å². The quantitative estimate of drug-likeness (QED) is 0.322. The molecule has 3 N–H and O–H groups in total. The molecule has 1 heterocycles. The topological polar surface area (TPSA) is 83.2 Å². The molecule has 0 bridgehead atoms. The Balaban J connectivity index is 0.00000392. The zero-order chi connectivity index (χ0) is 19.6. The summed E-state index contributed by atoms with van der Waals surface area (Å²) in [6, 6.07) is 7.62. The molecule has 0 atom stereocenters. The predicted molar refractivity (Wildman–Crippen MR) is 124 cm³/mol. The monoisotopic (exact) mass is 503 g/mol. The first-order valence-corrected chi connectivity index (χ1v) is 9.73. The van der Waals surface area contributed by atoms with Gasteiger partial charge in [-0.15, -0.1) is 24.0 Å². The van der Waals surface area contributed by atoms with Crippen molar-refractivity contribution in [2.24, 2.45) is 16.6 Å². The van der Waals surface area contributed by atoms with E-state index in [1.165, 1.54) is 0 Å². The summed E-state index contributed by atoms with van der Waals surface area (Å²) in [7, 11) is 0. The number of piperazine rings is 1. The van der Waals surface area contributed by atoms with Crippen LogP contribution in [0.3, 0.4) is 0 Å². The molecule has 1 saturated heterocycles. The van der Waals surface area contributed by atoms with E-state index in [0.29, 0.717) is 18.2 Å². The van der Waals surface area contributed by atoms with E-state index in [-0.39, 0.29) is 30.6 Å². The number of benzene rings is 1. The van der Waals surface area contributed by atoms with Crippen LogP contribution in [0.1, 0.15) is 26.3 Å². The van der Waals surface area contributed by atoms with Crippen LogP contribution in [0.25, 0.3) is 0 Å². The molecule has 0 unspecified atom stereocenters. The highest BCUT2D eigenvalue weighted by Gasteiger charge is 2.19. The molecule has 1 aromatic carbocycles. The molecule has 1 fully saturated rings. The van der Waals surface area contributed by atoms with Gasteiger partial charge in [0.15, 0.2) is 12.6 Å². The highest BCUT2D eigenvalue weighted by molar-refractivity contribution is 14.0. The first-order chi connectivity index (χ1) is 13.0. The van der Waals surface area contributed by atoms with Gasteiger partial charge >= 0.3 is 0 Å². The lowest BCUT2D eigenvalue weighted by Gasteiger charge is -2.37. The van der Waals surface area contributed by atoms with E-state index in [0.717, 1.165) is 50.8 Å². The molecule has 158 valence electrons. The van der Waals surface area contributed by atoms with E-state index < -0.39 is 5.91 Å². The van der Waals surface area contributed by atoms with Gasteiger partial charge in [0, 0.05) is 39.3 Å². The lowest BCUT2D eigenvalue weighted by molar-refractivity contribution is -0.119. The van der Waals surface area contributed by atoms with Crippen LogP contribution in [0.5, 0.6) is 5.75 Å². The molecule has 8 heteroatoms. The van der Waals surface area contributed by atoms with Crippen molar-refractivity contribution in [2.75, 3.05) is 45.9 Å². The number of carbonyl (C=O) groups excluding carboxylic acids is 1. The lowest BCUT2D eigenvalue weighted by Crippen LogP contribution is -2.53. The Morgan fingerprint density at radius 1 is 1.29 bits per heavy atom. The summed E-state index contributed by atoms with van der Waals surface area (Å²) in [4.78, 5) is 20.5. The van der Waals surface area contributed by atoms with Gasteiger partial charge in [0.2, 0.25) is 0 Å². The molecule has 1 aliphatic rings. The van der Waals surface area contributed by atoms with Gasteiger partial charge in [-0.1, -0.05) is 26.0 Å². The third-order valence-electron chi connectivity index (χ3n) is 4.32. The summed E-state index contributed by atoms with van der Waals surface area (Å²) in [5.41, 5.74) is 6.16. The van der Waals surface area contributed by atoms with Crippen LogP contribution in [0.2, 0.25) is 0 Å². The van der Waals surface area contributed by atoms with Crippen molar-refractivity contribution in [2.45, 2.75) is 27.3 Å². The molecule has 28 heavy (non-hydrogen) atoms. The maximum atomic E-state index is 10.9. The molecule has 0 aromatic heterocycles. The number of amides is 1. The van der Waals surface area contributed by atoms with Gasteiger partial charge < -0.3 is 20.7 Å². The van der Waals surface area contributed by atoms with Crippen molar-refractivity contribution in [1.29, 1.82) is 0 Å². The summed E-state index contributed by atoms with van der Waals surface area (Å²) >= 11 is 0. The van der Waals surface area contributed by atoms with Gasteiger partial charge in [0.1, 0.15) is 5.75 Å². The number of halogens is 1. The number of hydrogen-bond acceptors (Lipinski definition) is 4. The highest BCUT2D eigenvalue weighted by atomic mass is 127. The number of nitrogens with zero attached hydrogens (tertiary/aromatic N) is 3. The van der Waals surface area contributed by atoms with Crippen molar-refractivity contribution in [3.63, 3.8) is 0 Å². The Hall–Kier alpha value is -1.55. The van der Waals surface area contributed by atoms with Crippen LogP contribution in [0.4, 0.5) is 0 Å². The number of hydrogen-bond donors (Lipinski definition) is 2. The third-order valence-corrected chi connectivity index (χ3v) is 4.32. The first-order valence-electron chi connectivity index (χ1n) is 9.73. The second-order valence-electron chi connectivity index (χ2n) is 7.25. The molecule has 0 saturated carbocycles. The summed E-state index contributed by atoms with van der Waals surface area (Å²) in [6.45, 7) is 13.2. The van der Waals surface area contributed by atoms with E-state index in [1.54, 1.807) is 0 Å². The minimum Gasteiger partial charge on any atom is -0.484 e. The molecule has 1 amide bonds. The zero-order valence-corrected chi connectivity index (χ0v) is 19.5. The van der Waals surface area contributed by atoms with Crippen LogP contribution >= 0.6 is 24.0 Å². The molecule has 1 aliphatic heterocycles. The second-order valence-corrected chi connectivity index (χ2v) is 7.25. The maximum absolute atomic E-state index is 10.9. The SMILES string of the molecule is CCNC(=NCc1cccc(OCC(N)=O)c1)N1CCN(CC(C)C)CC1.I. The Morgan fingerprint density at radius 2 is 2.00 bits per heavy atom. The smallest absolute Gasteiger partial charge is 0.255 e. The molecule has 2 rings (SSSR count). The minimum atomic E-state index is -0.482. The standard InChI is InChI=1S/C20H33N5O2.HI/c1-4-22-20(25-10-8-24(9-11-25)14-16(2)3)23-13-17-6-5-7-18(12-17)27-15-19(21)26;/h5-7,12,16H,4,8-11,13-15H2,1-3H3,(H2,21,26)(H,22,23);1H. The number of aliphatic imine (C=N–C) groups is 1. The highest BCUT2D eigenvalue weighted by Crippen LogP contribution is 2.14. The van der Waals surface area contributed by atoms with Gasteiger partial charge in [-0.3, -0.25) is 9.69 Å². The van der Waals surface area contributed by atoms with E-state index in [1.807, 2.05) is 24.3 Å². The van der Waals surface area contributed by atoms with Gasteiger partial charge in [-0.25, -0.2) is 4.99 Å². The average Bonchev–Trinajstić information content (AvgIpc) is 2.64. The molecule has 0 spiro atoms. The lowest BCUT2D eigenvalue weighted by atomic mass is 10.2. The van der Waals surface area contributed by atoms with Gasteiger partial charge in [0.05, 0.1) is 6.54 Å². The number of nitrogens with one attached hydrogen (secondary N) is 1. The normalized spacial score (nSPS) is 15.3. The van der Waals surface area contributed by atoms with Crippen LogP contribution in [0, 0.1) is 5.92 Å². The van der Waals surface area contributed by atoms with Gasteiger partial charge in [-0.2, -0.15) is 0 Å². The van der Waals surface area contributed by atoms with Crippen molar-refractivity contribution in [3.05, 3.63) is 29.8 Å². The van der Waals surface area contributed by atoms with Crippen molar-refractivity contribution in [3.8, 4) is 5.75 Å². The molecular weight excluding hydrogens is 469 g/mol. The molecule has 0 radical (unpaired) electrons. The number of rotatable bonds is 8. The summed E-state index contributed by atoms with van der Waals surface area (Å²) < 4.78 is 5.37. The minimum absolute atomic E-state index is 0. The first kappa shape index (κ1) is 24.5. The predicted octanol–water partition coefficient (Wildman–Crippen LogP) is 1.91. The Labute approximate surface area is 185 Å². The molecular formula is C20H34IN5O2. The number of carbonyl (C=O) groups is 1. The zero-order valence-electron chi connectivity index (χ0n) is 17.2. The number of primary amides is 1. The number of guanidine groups is 1. The van der Waals surface area contributed by atoms with Crippen molar-refractivity contribution < 1.29 is 9.53 Å².